The van der Waals surface area contributed by atoms with Gasteiger partial charge >= 0.3 is 6.09 Å². The van der Waals surface area contributed by atoms with Crippen LogP contribution in [0.5, 0.6) is 0 Å². The van der Waals surface area contributed by atoms with E-state index in [2.05, 4.69) is 32.2 Å². The van der Waals surface area contributed by atoms with Crippen LogP contribution in [0.25, 0.3) is 0 Å². The van der Waals surface area contributed by atoms with E-state index in [1.807, 2.05) is 0 Å². The number of morpholine rings is 1. The van der Waals surface area contributed by atoms with E-state index in [9.17, 15) is 10.1 Å². The number of nitriles is 1. The van der Waals surface area contributed by atoms with Crippen LogP contribution >= 0.6 is 0 Å². The van der Waals surface area contributed by atoms with Gasteiger partial charge in [0.2, 0.25) is 0 Å². The van der Waals surface area contributed by atoms with Gasteiger partial charge in [-0.1, -0.05) is 18.6 Å². The number of carbonyl (C=O) groups is 1. The molecule has 0 spiro atoms. The van der Waals surface area contributed by atoms with E-state index in [1.165, 1.54) is 19.2 Å². The van der Waals surface area contributed by atoms with Crippen molar-refractivity contribution in [3.05, 3.63) is 64.7 Å². The minimum atomic E-state index is -1.47. The van der Waals surface area contributed by atoms with Gasteiger partial charge in [0.25, 0.3) is 0 Å². The molecule has 1 amide bonds. The number of piperidine rings is 1. The minimum absolute atomic E-state index is 0.0683. The molecule has 4 heterocycles. The smallest absolute Gasteiger partial charge is 0.407 e. The average Bonchev–Trinajstić information content (AvgIpc) is 3.57. The average molecular weight is 709 g/mol. The highest BCUT2D eigenvalue weighted by atomic mass is 19.1. The molecular formula is C39H51F3N6O3. The molecule has 0 unspecified atom stereocenters. The summed E-state index contributed by atoms with van der Waals surface area (Å²) >= 11 is 0. The number of rotatable bonds is 11. The third kappa shape index (κ3) is 7.59. The number of ether oxygens (including phenoxy) is 2. The lowest BCUT2D eigenvalue weighted by Gasteiger charge is -2.53. The molecule has 1 aliphatic carbocycles. The zero-order valence-corrected chi connectivity index (χ0v) is 29.7. The molecule has 4 saturated heterocycles. The fourth-order valence-corrected chi connectivity index (χ4v) is 9.74. The lowest BCUT2D eigenvalue weighted by Crippen LogP contribution is -2.65. The Labute approximate surface area is 299 Å². The maximum Gasteiger partial charge on any atom is 0.407 e. The van der Waals surface area contributed by atoms with Gasteiger partial charge < -0.3 is 19.7 Å². The lowest BCUT2D eigenvalue weighted by atomic mass is 9.58. The van der Waals surface area contributed by atoms with Crippen molar-refractivity contribution < 1.29 is 27.4 Å². The van der Waals surface area contributed by atoms with Crippen molar-refractivity contribution in [2.45, 2.75) is 62.2 Å². The Kier molecular flexibility index (Phi) is 10.8. The van der Waals surface area contributed by atoms with Gasteiger partial charge in [-0.25, -0.2) is 18.0 Å². The summed E-state index contributed by atoms with van der Waals surface area (Å²) in [6.07, 6.45) is 5.00. The second kappa shape index (κ2) is 15.3. The number of amides is 1. The Balaban J connectivity index is 1.08. The first-order chi connectivity index (χ1) is 24.7. The van der Waals surface area contributed by atoms with Crippen LogP contribution in [0.4, 0.5) is 23.7 Å². The van der Waals surface area contributed by atoms with Crippen LogP contribution in [-0.4, -0.2) is 118 Å². The van der Waals surface area contributed by atoms with E-state index < -0.39 is 23.0 Å². The molecule has 51 heavy (non-hydrogen) atoms. The summed E-state index contributed by atoms with van der Waals surface area (Å²) in [7, 11) is 1.38. The summed E-state index contributed by atoms with van der Waals surface area (Å²) in [4.78, 5) is 21.2. The predicted octanol–water partition coefficient (Wildman–Crippen LogP) is 5.08. The number of methoxy groups -OCH3 is 1. The molecule has 0 bridgehead atoms. The van der Waals surface area contributed by atoms with Crippen molar-refractivity contribution in [3.63, 3.8) is 0 Å². The Morgan fingerprint density at radius 1 is 1.00 bits per heavy atom. The number of alkyl carbamates (subject to hydrolysis) is 1. The van der Waals surface area contributed by atoms with E-state index in [0.717, 1.165) is 82.4 Å². The molecule has 276 valence electrons. The first kappa shape index (κ1) is 36.0. The molecule has 3 atom stereocenters. The maximum atomic E-state index is 16.3. The summed E-state index contributed by atoms with van der Waals surface area (Å²) in [6.45, 7) is 8.00. The van der Waals surface area contributed by atoms with E-state index in [1.54, 1.807) is 23.1 Å². The summed E-state index contributed by atoms with van der Waals surface area (Å²) in [6, 6.07) is 12.1. The Morgan fingerprint density at radius 2 is 1.76 bits per heavy atom. The fourth-order valence-electron chi connectivity index (χ4n) is 9.74. The molecule has 7 rings (SSSR count). The third-order valence-corrected chi connectivity index (χ3v) is 12.4. The van der Waals surface area contributed by atoms with E-state index in [0.29, 0.717) is 44.1 Å². The van der Waals surface area contributed by atoms with Crippen molar-refractivity contribution in [2.24, 2.45) is 11.8 Å². The van der Waals surface area contributed by atoms with Gasteiger partial charge in [-0.05, 0) is 106 Å². The number of nitrogens with zero attached hydrogens (tertiary/aromatic N) is 5. The molecule has 2 aromatic carbocycles. The molecule has 0 radical (unpaired) electrons. The van der Waals surface area contributed by atoms with Gasteiger partial charge in [0.1, 0.15) is 11.6 Å². The van der Waals surface area contributed by atoms with Gasteiger partial charge in [-0.15, -0.1) is 0 Å². The molecule has 9 nitrogen and oxygen atoms in total. The van der Waals surface area contributed by atoms with Crippen molar-refractivity contribution in [3.8, 4) is 6.07 Å². The van der Waals surface area contributed by atoms with Gasteiger partial charge in [0, 0.05) is 44.2 Å². The van der Waals surface area contributed by atoms with Crippen LogP contribution in [0, 0.1) is 34.8 Å². The Hall–Kier alpha value is -3.37. The van der Waals surface area contributed by atoms with Gasteiger partial charge in [-0.3, -0.25) is 14.7 Å². The first-order valence-electron chi connectivity index (χ1n) is 18.7. The number of carbonyl (C=O) groups excluding carboxylic acids is 1. The molecular weight excluding hydrogens is 657 g/mol. The topological polar surface area (TPSA) is 84.3 Å². The number of hydrogen-bond acceptors (Lipinski definition) is 8. The highest BCUT2D eigenvalue weighted by Crippen LogP contribution is 2.51. The van der Waals surface area contributed by atoms with Crippen LogP contribution in [-0.2, 0) is 21.4 Å². The van der Waals surface area contributed by atoms with Crippen LogP contribution < -0.4 is 10.2 Å². The van der Waals surface area contributed by atoms with Gasteiger partial charge in [0.05, 0.1) is 50.7 Å². The van der Waals surface area contributed by atoms with Crippen LogP contribution in [0.2, 0.25) is 0 Å². The molecule has 0 aromatic heterocycles. The molecule has 4 aliphatic heterocycles. The number of benzene rings is 2. The third-order valence-electron chi connectivity index (χ3n) is 12.4. The monoisotopic (exact) mass is 708 g/mol. The summed E-state index contributed by atoms with van der Waals surface area (Å²) < 4.78 is 57.3. The highest BCUT2D eigenvalue weighted by Gasteiger charge is 2.53. The standard InChI is InChI=1S/C39H51F3N6O3/c1-50-37(49)44-35-8-3-7-33(35)39(27-47-15-17-51-18-16-47,31-5-2-6-32(40)21-31)30-9-13-46(14-10-30)24-38(42)25-48(26-38)36-20-29(23-45-11-4-12-45)28(22-43)19-34(36)41/h2,5-6,19-21,30,33,35H,3-4,7-18,23-27H2,1H3,(H,44,49)/t33-,35-,39-/m0/s1. The Bertz CT molecular complexity index is 1580. The number of hydrogen-bond donors (Lipinski definition) is 1. The second-order valence-corrected chi connectivity index (χ2v) is 15.5. The van der Waals surface area contributed by atoms with E-state index in [-0.39, 0.29) is 43.3 Å². The first-order valence-corrected chi connectivity index (χ1v) is 18.7. The van der Waals surface area contributed by atoms with Crippen LogP contribution in [0.3, 0.4) is 0 Å². The van der Waals surface area contributed by atoms with Gasteiger partial charge in [-0.2, -0.15) is 5.26 Å². The highest BCUT2D eigenvalue weighted by molar-refractivity contribution is 5.67. The molecule has 12 heteroatoms. The molecule has 1 N–H and O–H groups in total. The number of likely N-dealkylation sites (tertiary alicyclic amines) is 2. The fraction of sp³-hybridized carbons (Fsp3) is 0.641. The van der Waals surface area contributed by atoms with Gasteiger partial charge in [0.15, 0.2) is 5.67 Å². The largest absolute Gasteiger partial charge is 0.453 e. The Morgan fingerprint density at radius 3 is 2.43 bits per heavy atom. The quantitative estimate of drug-likeness (QED) is 0.347. The summed E-state index contributed by atoms with van der Waals surface area (Å²) in [5.74, 6) is -0.511. The van der Waals surface area contributed by atoms with Crippen molar-refractivity contribution in [1.29, 1.82) is 5.26 Å². The predicted molar refractivity (Wildman–Crippen MR) is 188 cm³/mol. The molecule has 5 fully saturated rings. The second-order valence-electron chi connectivity index (χ2n) is 15.5. The maximum absolute atomic E-state index is 16.3. The van der Waals surface area contributed by atoms with E-state index >= 15 is 13.2 Å². The zero-order chi connectivity index (χ0) is 35.6. The van der Waals surface area contributed by atoms with Crippen molar-refractivity contribution >= 4 is 11.8 Å². The number of halogens is 3. The molecule has 1 saturated carbocycles. The number of alkyl halides is 1. The lowest BCUT2D eigenvalue weighted by molar-refractivity contribution is -0.0124. The number of nitrogens with one attached hydrogen (secondary N) is 1. The summed E-state index contributed by atoms with van der Waals surface area (Å²) in [5.41, 5.74) is 0.536. The van der Waals surface area contributed by atoms with Crippen molar-refractivity contribution in [2.75, 3.05) is 90.7 Å². The van der Waals surface area contributed by atoms with E-state index in [4.69, 9.17) is 9.47 Å². The summed E-state index contributed by atoms with van der Waals surface area (Å²) in [5, 5.41) is 12.7. The normalized spacial score (nSPS) is 25.7. The SMILES string of the molecule is COC(=O)N[C@H]1CCC[C@@H]1[C@](CN1CCOCC1)(c1cccc(F)c1)C1CCN(CC2(F)CN(c3cc(CN4CCC4)c(C#N)cc3F)C2)CC1. The molecule has 2 aromatic rings. The minimum Gasteiger partial charge on any atom is -0.453 e. The van der Waals surface area contributed by atoms with Crippen LogP contribution in [0.1, 0.15) is 55.2 Å². The molecule has 5 aliphatic rings. The van der Waals surface area contributed by atoms with Crippen molar-refractivity contribution in [1.82, 2.24) is 20.0 Å². The zero-order valence-electron chi connectivity index (χ0n) is 29.7. The van der Waals surface area contributed by atoms with Crippen LogP contribution in [0.15, 0.2) is 36.4 Å². The number of anilines is 1.